The van der Waals surface area contributed by atoms with Crippen molar-refractivity contribution in [2.45, 2.75) is 45.6 Å². The molecule has 1 unspecified atom stereocenters. The number of hydrogen-bond donors (Lipinski definition) is 2. The summed E-state index contributed by atoms with van der Waals surface area (Å²) in [7, 11) is 0. The van der Waals surface area contributed by atoms with Crippen molar-refractivity contribution in [3.8, 4) is 0 Å². The summed E-state index contributed by atoms with van der Waals surface area (Å²) >= 11 is 0. The number of anilines is 1. The molecule has 0 aliphatic carbocycles. The SMILES string of the molecule is CCCc1cc(C(=O)O)cc(NCC(C)N2CCCC2)n1. The van der Waals surface area contributed by atoms with Gasteiger partial charge in [-0.05, 0) is 51.4 Å². The standard InChI is InChI=1S/C16H25N3O2/c1-3-6-14-9-13(16(20)21)10-15(18-14)17-11-12(2)19-7-4-5-8-19/h9-10,12H,3-8,11H2,1-2H3,(H,17,18)(H,20,21). The lowest BCUT2D eigenvalue weighted by atomic mass is 10.1. The second-order valence-corrected chi connectivity index (χ2v) is 5.76. The molecular formula is C16H25N3O2. The van der Waals surface area contributed by atoms with Crippen LogP contribution in [0.4, 0.5) is 5.82 Å². The first-order valence-corrected chi connectivity index (χ1v) is 7.82. The highest BCUT2D eigenvalue weighted by atomic mass is 16.4. The summed E-state index contributed by atoms with van der Waals surface area (Å²) in [5.41, 5.74) is 1.15. The fourth-order valence-electron chi connectivity index (χ4n) is 2.75. The molecule has 5 nitrogen and oxygen atoms in total. The summed E-state index contributed by atoms with van der Waals surface area (Å²) in [6.07, 6.45) is 4.31. The maximum absolute atomic E-state index is 11.2. The van der Waals surface area contributed by atoms with Crippen LogP contribution >= 0.6 is 0 Å². The summed E-state index contributed by atoms with van der Waals surface area (Å²) in [5, 5.41) is 12.5. The number of nitrogens with one attached hydrogen (secondary N) is 1. The van der Waals surface area contributed by atoms with Crippen LogP contribution in [-0.4, -0.2) is 46.6 Å². The molecule has 1 aromatic heterocycles. The van der Waals surface area contributed by atoms with E-state index >= 15 is 0 Å². The molecule has 21 heavy (non-hydrogen) atoms. The third-order valence-electron chi connectivity index (χ3n) is 3.97. The Balaban J connectivity index is 2.02. The molecule has 1 aliphatic rings. The van der Waals surface area contributed by atoms with Crippen molar-refractivity contribution in [2.24, 2.45) is 0 Å². The third-order valence-corrected chi connectivity index (χ3v) is 3.97. The van der Waals surface area contributed by atoms with Gasteiger partial charge in [0.2, 0.25) is 0 Å². The fraction of sp³-hybridized carbons (Fsp3) is 0.625. The average Bonchev–Trinajstić information content (AvgIpc) is 2.99. The summed E-state index contributed by atoms with van der Waals surface area (Å²) in [5.74, 6) is -0.227. The number of nitrogens with zero attached hydrogens (tertiary/aromatic N) is 2. The van der Waals surface area contributed by atoms with Gasteiger partial charge in [-0.15, -0.1) is 0 Å². The zero-order valence-electron chi connectivity index (χ0n) is 12.9. The molecule has 1 saturated heterocycles. The number of likely N-dealkylation sites (tertiary alicyclic amines) is 1. The van der Waals surface area contributed by atoms with Gasteiger partial charge in [-0.1, -0.05) is 13.3 Å². The van der Waals surface area contributed by atoms with Crippen molar-refractivity contribution >= 4 is 11.8 Å². The van der Waals surface area contributed by atoms with E-state index in [4.69, 9.17) is 0 Å². The number of rotatable bonds is 7. The molecule has 0 aromatic carbocycles. The molecule has 0 saturated carbocycles. The van der Waals surface area contributed by atoms with E-state index < -0.39 is 5.97 Å². The molecule has 5 heteroatoms. The van der Waals surface area contributed by atoms with Crippen molar-refractivity contribution in [2.75, 3.05) is 25.0 Å². The smallest absolute Gasteiger partial charge is 0.335 e. The number of aryl methyl sites for hydroxylation is 1. The van der Waals surface area contributed by atoms with E-state index in [2.05, 4.69) is 29.0 Å². The molecule has 2 N–H and O–H groups in total. The maximum Gasteiger partial charge on any atom is 0.335 e. The Labute approximate surface area is 126 Å². The van der Waals surface area contributed by atoms with E-state index in [1.807, 2.05) is 0 Å². The maximum atomic E-state index is 11.2. The number of hydrogen-bond acceptors (Lipinski definition) is 4. The number of pyridine rings is 1. The van der Waals surface area contributed by atoms with E-state index in [1.54, 1.807) is 12.1 Å². The molecule has 2 rings (SSSR count). The van der Waals surface area contributed by atoms with Crippen LogP contribution in [0.1, 0.15) is 49.2 Å². The Morgan fingerprint density at radius 1 is 1.43 bits per heavy atom. The van der Waals surface area contributed by atoms with Gasteiger partial charge in [0.25, 0.3) is 0 Å². The zero-order valence-corrected chi connectivity index (χ0v) is 12.9. The Morgan fingerprint density at radius 3 is 2.76 bits per heavy atom. The minimum Gasteiger partial charge on any atom is -0.478 e. The number of carboxylic acids is 1. The molecule has 0 radical (unpaired) electrons. The van der Waals surface area contributed by atoms with Crippen LogP contribution in [0.5, 0.6) is 0 Å². The third kappa shape index (κ3) is 4.43. The van der Waals surface area contributed by atoms with Crippen molar-refractivity contribution in [3.05, 3.63) is 23.4 Å². The molecule has 1 aromatic rings. The topological polar surface area (TPSA) is 65.5 Å². The van der Waals surface area contributed by atoms with E-state index in [-0.39, 0.29) is 0 Å². The van der Waals surface area contributed by atoms with E-state index in [1.165, 1.54) is 12.8 Å². The second-order valence-electron chi connectivity index (χ2n) is 5.76. The molecule has 0 amide bonds. The van der Waals surface area contributed by atoms with Crippen LogP contribution < -0.4 is 5.32 Å². The van der Waals surface area contributed by atoms with Crippen LogP contribution in [0, 0.1) is 0 Å². The zero-order chi connectivity index (χ0) is 15.2. The minimum atomic E-state index is -0.898. The summed E-state index contributed by atoms with van der Waals surface area (Å²) in [6, 6.07) is 3.73. The van der Waals surface area contributed by atoms with Crippen LogP contribution in [0.25, 0.3) is 0 Å². The molecule has 1 aliphatic heterocycles. The number of carboxylic acid groups (broad SMARTS) is 1. The summed E-state index contributed by atoms with van der Waals surface area (Å²) in [4.78, 5) is 18.2. The van der Waals surface area contributed by atoms with Crippen molar-refractivity contribution in [1.82, 2.24) is 9.88 Å². The average molecular weight is 291 g/mol. The predicted molar refractivity (Wildman–Crippen MR) is 84.0 cm³/mol. The summed E-state index contributed by atoms with van der Waals surface area (Å²) in [6.45, 7) is 7.38. The first-order valence-electron chi connectivity index (χ1n) is 7.82. The normalized spacial score (nSPS) is 16.9. The van der Waals surface area contributed by atoms with Gasteiger partial charge in [0.1, 0.15) is 5.82 Å². The molecule has 0 spiro atoms. The molecule has 1 atom stereocenters. The van der Waals surface area contributed by atoms with Gasteiger partial charge in [-0.25, -0.2) is 9.78 Å². The summed E-state index contributed by atoms with van der Waals surface area (Å²) < 4.78 is 0. The number of aromatic nitrogens is 1. The Morgan fingerprint density at radius 2 is 2.14 bits per heavy atom. The largest absolute Gasteiger partial charge is 0.478 e. The highest BCUT2D eigenvalue weighted by molar-refractivity contribution is 5.88. The number of carbonyl (C=O) groups is 1. The lowest BCUT2D eigenvalue weighted by molar-refractivity contribution is 0.0696. The Hall–Kier alpha value is -1.62. The van der Waals surface area contributed by atoms with Gasteiger partial charge in [0.15, 0.2) is 0 Å². The van der Waals surface area contributed by atoms with E-state index in [0.29, 0.717) is 17.4 Å². The van der Waals surface area contributed by atoms with Gasteiger partial charge in [0.05, 0.1) is 5.56 Å². The van der Waals surface area contributed by atoms with Gasteiger partial charge in [-0.2, -0.15) is 0 Å². The van der Waals surface area contributed by atoms with Gasteiger partial charge in [-0.3, -0.25) is 4.90 Å². The highest BCUT2D eigenvalue weighted by Gasteiger charge is 2.18. The first-order chi connectivity index (χ1) is 10.1. The molecule has 1 fully saturated rings. The van der Waals surface area contributed by atoms with E-state index in [0.717, 1.165) is 38.2 Å². The molecule has 0 bridgehead atoms. The fourth-order valence-corrected chi connectivity index (χ4v) is 2.75. The van der Waals surface area contributed by atoms with Gasteiger partial charge < -0.3 is 10.4 Å². The lowest BCUT2D eigenvalue weighted by Gasteiger charge is -2.24. The van der Waals surface area contributed by atoms with Crippen molar-refractivity contribution in [1.29, 1.82) is 0 Å². The monoisotopic (exact) mass is 291 g/mol. The lowest BCUT2D eigenvalue weighted by Crippen LogP contribution is -2.35. The number of aromatic carboxylic acids is 1. The van der Waals surface area contributed by atoms with Crippen molar-refractivity contribution in [3.63, 3.8) is 0 Å². The molecule has 116 valence electrons. The minimum absolute atomic E-state index is 0.310. The van der Waals surface area contributed by atoms with Gasteiger partial charge >= 0.3 is 5.97 Å². The molecular weight excluding hydrogens is 266 g/mol. The highest BCUT2D eigenvalue weighted by Crippen LogP contribution is 2.15. The van der Waals surface area contributed by atoms with Gasteiger partial charge in [0, 0.05) is 18.3 Å². The van der Waals surface area contributed by atoms with E-state index in [9.17, 15) is 9.90 Å². The van der Waals surface area contributed by atoms with Crippen LogP contribution in [0.15, 0.2) is 12.1 Å². The van der Waals surface area contributed by atoms with Crippen LogP contribution in [0.2, 0.25) is 0 Å². The predicted octanol–water partition coefficient (Wildman–Crippen LogP) is 2.63. The van der Waals surface area contributed by atoms with Crippen LogP contribution in [-0.2, 0) is 6.42 Å². The molecule has 2 heterocycles. The van der Waals surface area contributed by atoms with Crippen LogP contribution in [0.3, 0.4) is 0 Å². The first kappa shape index (κ1) is 15.8. The van der Waals surface area contributed by atoms with Crippen molar-refractivity contribution < 1.29 is 9.90 Å². The quantitative estimate of drug-likeness (QED) is 0.808. The Kier molecular flexibility index (Phi) is 5.56. The Bertz CT molecular complexity index is 484. The second kappa shape index (κ2) is 7.41.